The zero-order valence-electron chi connectivity index (χ0n) is 9.84. The van der Waals surface area contributed by atoms with Crippen LogP contribution in [0.3, 0.4) is 0 Å². The van der Waals surface area contributed by atoms with Crippen molar-refractivity contribution < 1.29 is 22.3 Å². The van der Waals surface area contributed by atoms with E-state index in [-0.39, 0.29) is 21.8 Å². The molecule has 0 saturated heterocycles. The van der Waals surface area contributed by atoms with Crippen LogP contribution in [0.15, 0.2) is 36.4 Å². The first-order valence-corrected chi connectivity index (χ1v) is 5.75. The Morgan fingerprint density at radius 3 is 2.30 bits per heavy atom. The van der Waals surface area contributed by atoms with Crippen LogP contribution in [0.2, 0.25) is 5.02 Å². The van der Waals surface area contributed by atoms with Crippen molar-refractivity contribution in [3.05, 3.63) is 47.2 Å². The predicted molar refractivity (Wildman–Crippen MR) is 67.9 cm³/mol. The Labute approximate surface area is 116 Å². The molecule has 20 heavy (non-hydrogen) atoms. The molecular formula is C13H8ClF4NO. The molecule has 2 aromatic carbocycles. The summed E-state index contributed by atoms with van der Waals surface area (Å²) in [4.78, 5) is 0. The first-order chi connectivity index (χ1) is 9.26. The van der Waals surface area contributed by atoms with E-state index in [0.717, 1.165) is 18.2 Å². The van der Waals surface area contributed by atoms with Crippen molar-refractivity contribution in [2.75, 3.05) is 5.73 Å². The van der Waals surface area contributed by atoms with Crippen molar-refractivity contribution in [3.8, 4) is 16.9 Å². The predicted octanol–water partition coefficient (Wildman–Crippen LogP) is 4.63. The highest BCUT2D eigenvalue weighted by Crippen LogP contribution is 2.34. The second-order valence-electron chi connectivity index (χ2n) is 3.92. The number of ether oxygens (including phenoxy) is 1. The number of rotatable bonds is 2. The van der Waals surface area contributed by atoms with Gasteiger partial charge in [-0.1, -0.05) is 11.6 Å². The lowest BCUT2D eigenvalue weighted by Crippen LogP contribution is -2.17. The third-order valence-corrected chi connectivity index (χ3v) is 2.71. The molecule has 0 unspecified atom stereocenters. The molecule has 0 amide bonds. The molecule has 0 aromatic heterocycles. The minimum atomic E-state index is -4.81. The second-order valence-corrected chi connectivity index (χ2v) is 4.36. The molecule has 2 rings (SSSR count). The van der Waals surface area contributed by atoms with E-state index in [0.29, 0.717) is 0 Å². The van der Waals surface area contributed by atoms with Gasteiger partial charge in [-0.3, -0.25) is 0 Å². The molecule has 0 aliphatic carbocycles. The van der Waals surface area contributed by atoms with Crippen LogP contribution in [0.5, 0.6) is 5.75 Å². The van der Waals surface area contributed by atoms with Gasteiger partial charge >= 0.3 is 6.36 Å². The Kier molecular flexibility index (Phi) is 3.76. The van der Waals surface area contributed by atoms with Crippen molar-refractivity contribution in [2.24, 2.45) is 0 Å². The van der Waals surface area contributed by atoms with Crippen molar-refractivity contribution in [1.82, 2.24) is 0 Å². The fraction of sp³-hybridized carbons (Fsp3) is 0.0769. The van der Waals surface area contributed by atoms with Crippen LogP contribution in [-0.4, -0.2) is 6.36 Å². The molecule has 0 spiro atoms. The lowest BCUT2D eigenvalue weighted by molar-refractivity contribution is -0.274. The zero-order valence-corrected chi connectivity index (χ0v) is 10.6. The lowest BCUT2D eigenvalue weighted by atomic mass is 10.0. The van der Waals surface area contributed by atoms with Gasteiger partial charge in [-0.2, -0.15) is 0 Å². The minimum Gasteiger partial charge on any atom is -0.406 e. The van der Waals surface area contributed by atoms with E-state index in [2.05, 4.69) is 4.74 Å². The van der Waals surface area contributed by atoms with E-state index in [4.69, 9.17) is 17.3 Å². The highest BCUT2D eigenvalue weighted by molar-refractivity contribution is 6.30. The van der Waals surface area contributed by atoms with Gasteiger partial charge in [0.15, 0.2) is 0 Å². The number of nitrogens with two attached hydrogens (primary N) is 1. The maximum atomic E-state index is 13.7. The summed E-state index contributed by atoms with van der Waals surface area (Å²) in [6.07, 6.45) is -4.81. The smallest absolute Gasteiger partial charge is 0.406 e. The quantitative estimate of drug-likeness (QED) is 0.648. The molecule has 2 N–H and O–H groups in total. The molecule has 2 nitrogen and oxygen atoms in total. The van der Waals surface area contributed by atoms with E-state index >= 15 is 0 Å². The number of hydrogen-bond donors (Lipinski definition) is 1. The Bertz CT molecular complexity index is 643. The van der Waals surface area contributed by atoms with E-state index in [9.17, 15) is 17.6 Å². The zero-order chi connectivity index (χ0) is 14.9. The van der Waals surface area contributed by atoms with Gasteiger partial charge < -0.3 is 10.5 Å². The number of hydrogen-bond acceptors (Lipinski definition) is 2. The molecule has 0 bridgehead atoms. The van der Waals surface area contributed by atoms with E-state index in [1.54, 1.807) is 0 Å². The Hall–Kier alpha value is -1.95. The van der Waals surface area contributed by atoms with E-state index < -0.39 is 17.9 Å². The summed E-state index contributed by atoms with van der Waals surface area (Å²) in [5.41, 5.74) is 5.93. The number of anilines is 1. The fourth-order valence-electron chi connectivity index (χ4n) is 1.69. The molecular weight excluding hydrogens is 298 g/mol. The topological polar surface area (TPSA) is 35.2 Å². The number of halogens is 5. The summed E-state index contributed by atoms with van der Waals surface area (Å²) in [5.74, 6) is -1.05. The number of nitrogen functional groups attached to an aromatic ring is 1. The standard InChI is InChI=1S/C13H8ClF4NO/c14-7-1-4-11(15)10(5-7)9-3-2-8(6-12(9)19)20-13(16,17)18/h1-6H,19H2. The van der Waals surface area contributed by atoms with Gasteiger partial charge in [0.05, 0.1) is 0 Å². The van der Waals surface area contributed by atoms with Gasteiger partial charge in [-0.15, -0.1) is 13.2 Å². The summed E-state index contributed by atoms with van der Waals surface area (Å²) in [6, 6.07) is 7.12. The van der Waals surface area contributed by atoms with Gasteiger partial charge in [0.2, 0.25) is 0 Å². The summed E-state index contributed by atoms with van der Waals surface area (Å²) in [6.45, 7) is 0. The third-order valence-electron chi connectivity index (χ3n) is 2.48. The molecule has 106 valence electrons. The second kappa shape index (κ2) is 5.20. The fourth-order valence-corrected chi connectivity index (χ4v) is 1.86. The van der Waals surface area contributed by atoms with Crippen molar-refractivity contribution >= 4 is 17.3 Å². The largest absolute Gasteiger partial charge is 0.573 e. The Morgan fingerprint density at radius 2 is 1.70 bits per heavy atom. The van der Waals surface area contributed by atoms with Crippen molar-refractivity contribution in [2.45, 2.75) is 6.36 Å². The summed E-state index contributed by atoms with van der Waals surface area (Å²) >= 11 is 5.76. The molecule has 7 heteroatoms. The van der Waals surface area contributed by atoms with Crippen LogP contribution in [0.4, 0.5) is 23.2 Å². The maximum Gasteiger partial charge on any atom is 0.573 e. The van der Waals surface area contributed by atoms with E-state index in [1.165, 1.54) is 18.2 Å². The van der Waals surface area contributed by atoms with Crippen LogP contribution in [0, 0.1) is 5.82 Å². The van der Waals surface area contributed by atoms with Crippen LogP contribution in [-0.2, 0) is 0 Å². The van der Waals surface area contributed by atoms with Crippen LogP contribution < -0.4 is 10.5 Å². The first kappa shape index (κ1) is 14.5. The third kappa shape index (κ3) is 3.33. The molecule has 0 fully saturated rings. The van der Waals surface area contributed by atoms with Crippen LogP contribution in [0.25, 0.3) is 11.1 Å². The number of alkyl halides is 3. The molecule has 0 saturated carbocycles. The van der Waals surface area contributed by atoms with Gasteiger partial charge in [0, 0.05) is 27.9 Å². The van der Waals surface area contributed by atoms with Crippen molar-refractivity contribution in [3.63, 3.8) is 0 Å². The average molecular weight is 306 g/mol. The van der Waals surface area contributed by atoms with Gasteiger partial charge in [-0.05, 0) is 30.3 Å². The van der Waals surface area contributed by atoms with Gasteiger partial charge in [0.1, 0.15) is 11.6 Å². The SMILES string of the molecule is Nc1cc(OC(F)(F)F)ccc1-c1cc(Cl)ccc1F. The maximum absolute atomic E-state index is 13.7. The first-order valence-electron chi connectivity index (χ1n) is 5.37. The van der Waals surface area contributed by atoms with Crippen molar-refractivity contribution in [1.29, 1.82) is 0 Å². The molecule has 0 aliphatic rings. The van der Waals surface area contributed by atoms with Crippen LogP contribution >= 0.6 is 11.6 Å². The van der Waals surface area contributed by atoms with Gasteiger partial charge in [0.25, 0.3) is 0 Å². The summed E-state index contributed by atoms with van der Waals surface area (Å²) in [5, 5.41) is 0.288. The monoisotopic (exact) mass is 305 g/mol. The van der Waals surface area contributed by atoms with E-state index in [1.807, 2.05) is 0 Å². The molecule has 0 aliphatic heterocycles. The van der Waals surface area contributed by atoms with Gasteiger partial charge in [-0.25, -0.2) is 4.39 Å². The molecule has 2 aromatic rings. The Balaban J connectivity index is 2.42. The normalized spacial score (nSPS) is 11.4. The molecule has 0 heterocycles. The molecule has 0 radical (unpaired) electrons. The highest BCUT2D eigenvalue weighted by atomic mass is 35.5. The summed E-state index contributed by atoms with van der Waals surface area (Å²) < 4.78 is 53.6. The highest BCUT2D eigenvalue weighted by Gasteiger charge is 2.31. The Morgan fingerprint density at radius 1 is 1.00 bits per heavy atom. The number of benzene rings is 2. The lowest BCUT2D eigenvalue weighted by Gasteiger charge is -2.12. The van der Waals surface area contributed by atoms with Crippen LogP contribution in [0.1, 0.15) is 0 Å². The minimum absolute atomic E-state index is 0.0482. The average Bonchev–Trinajstić information content (AvgIpc) is 2.31. The molecule has 0 atom stereocenters. The summed E-state index contributed by atoms with van der Waals surface area (Å²) in [7, 11) is 0.